The Morgan fingerprint density at radius 1 is 0.812 bits per heavy atom. The minimum atomic E-state index is 0. The van der Waals surface area contributed by atoms with Crippen molar-refractivity contribution in [3.63, 3.8) is 0 Å². The topological polar surface area (TPSA) is 15.6 Å². The molecular weight excluding hydrogens is 432 g/mol. The average Bonchev–Trinajstić information content (AvgIpc) is 2.97. The molecule has 0 radical (unpaired) electrons. The lowest BCUT2D eigenvalue weighted by atomic mass is 10.1. The molecule has 2 nitrogen and oxygen atoms in total. The maximum atomic E-state index is 4.86. The predicted octanol–water partition coefficient (Wildman–Crippen LogP) is 7.37. The highest BCUT2D eigenvalue weighted by Crippen LogP contribution is 2.33. The zero-order valence-electron chi connectivity index (χ0n) is 17.9. The van der Waals surface area contributed by atoms with E-state index >= 15 is 0 Å². The second-order valence-corrected chi connectivity index (χ2v) is 8.80. The number of hydrogen-bond donors (Lipinski definition) is 0. The Hall–Kier alpha value is -3.01. The van der Waals surface area contributed by atoms with Crippen molar-refractivity contribution in [3.05, 3.63) is 108 Å². The van der Waals surface area contributed by atoms with Crippen molar-refractivity contribution in [1.29, 1.82) is 0 Å². The zero-order valence-corrected chi connectivity index (χ0v) is 19.6. The molecule has 0 unspecified atom stereocenters. The van der Waals surface area contributed by atoms with Gasteiger partial charge in [0.25, 0.3) is 0 Å². The number of allylic oxidation sites excluding steroid dienone is 1. The molecule has 4 aromatic rings. The first-order valence-electron chi connectivity index (χ1n) is 10.6. The molecule has 0 N–H and O–H groups in total. The van der Waals surface area contributed by atoms with Gasteiger partial charge in [0.2, 0.25) is 0 Å². The summed E-state index contributed by atoms with van der Waals surface area (Å²) in [5.74, 6) is 0. The van der Waals surface area contributed by atoms with Crippen LogP contribution in [0.2, 0.25) is 0 Å². The third-order valence-electron chi connectivity index (χ3n) is 5.60. The second-order valence-electron chi connectivity index (χ2n) is 7.69. The van der Waals surface area contributed by atoms with Crippen LogP contribution in [0.15, 0.2) is 112 Å². The molecule has 0 saturated heterocycles. The first-order valence-corrected chi connectivity index (χ1v) is 11.4. The number of nitrogens with zero attached hydrogens (tertiary/aromatic N) is 2. The maximum Gasteiger partial charge on any atom is 0.0668 e. The van der Waals surface area contributed by atoms with Crippen LogP contribution in [-0.2, 0) is 0 Å². The minimum absolute atomic E-state index is 0. The van der Waals surface area contributed by atoms with Crippen molar-refractivity contribution in [3.8, 4) is 0 Å². The summed E-state index contributed by atoms with van der Waals surface area (Å²) in [6, 6.07) is 32.3. The van der Waals surface area contributed by atoms with E-state index in [0.717, 1.165) is 18.8 Å². The molecule has 4 aromatic carbocycles. The van der Waals surface area contributed by atoms with E-state index in [1.807, 2.05) is 0 Å². The van der Waals surface area contributed by atoms with Crippen molar-refractivity contribution >= 4 is 52.4 Å². The first kappa shape index (κ1) is 22.2. The Morgan fingerprint density at radius 3 is 2.47 bits per heavy atom. The summed E-state index contributed by atoms with van der Waals surface area (Å²) < 4.78 is 0. The molecule has 1 aliphatic heterocycles. The van der Waals surface area contributed by atoms with Crippen molar-refractivity contribution in [2.24, 2.45) is 4.99 Å². The summed E-state index contributed by atoms with van der Waals surface area (Å²) in [4.78, 5) is 9.63. The van der Waals surface area contributed by atoms with Crippen molar-refractivity contribution < 1.29 is 0 Å². The summed E-state index contributed by atoms with van der Waals surface area (Å²) in [6.07, 6.45) is 4.36. The van der Waals surface area contributed by atoms with E-state index in [-0.39, 0.29) is 12.4 Å². The summed E-state index contributed by atoms with van der Waals surface area (Å²) in [6.45, 7) is 1.74. The fourth-order valence-electron chi connectivity index (χ4n) is 3.93. The van der Waals surface area contributed by atoms with Crippen LogP contribution in [0.1, 0.15) is 11.1 Å². The van der Waals surface area contributed by atoms with Gasteiger partial charge in [0.05, 0.1) is 12.3 Å². The highest BCUT2D eigenvalue weighted by molar-refractivity contribution is 7.99. The van der Waals surface area contributed by atoms with Gasteiger partial charge < -0.3 is 4.90 Å². The van der Waals surface area contributed by atoms with Crippen LogP contribution in [0.4, 0.5) is 5.69 Å². The summed E-state index contributed by atoms with van der Waals surface area (Å²) in [5.41, 5.74) is 4.68. The normalized spacial score (nSPS) is 13.4. The van der Waals surface area contributed by atoms with Crippen LogP contribution in [0.25, 0.3) is 16.8 Å². The number of halogens is 1. The van der Waals surface area contributed by atoms with E-state index in [2.05, 4.69) is 115 Å². The number of benzene rings is 4. The Morgan fingerprint density at radius 2 is 1.56 bits per heavy atom. The molecule has 5 rings (SSSR count). The molecule has 1 aliphatic rings. The highest BCUT2D eigenvalue weighted by Gasteiger charge is 2.13. The smallest absolute Gasteiger partial charge is 0.0668 e. The van der Waals surface area contributed by atoms with E-state index < -0.39 is 0 Å². The molecule has 0 fully saturated rings. The number of aliphatic imine (C=N–C) groups is 1. The SMILES string of the molecule is CN1CCN=C(/C=C/c2ccccc2Sc2ccc3ccccc3c2)c2ccccc21.Cl. The molecule has 0 bridgehead atoms. The molecule has 0 atom stereocenters. The molecule has 0 aromatic heterocycles. The van der Waals surface area contributed by atoms with Gasteiger partial charge in [0, 0.05) is 34.6 Å². The van der Waals surface area contributed by atoms with E-state index in [9.17, 15) is 0 Å². The Labute approximate surface area is 200 Å². The second kappa shape index (κ2) is 10.1. The number of likely N-dealkylation sites (N-methyl/N-ethyl adjacent to an activating group) is 1. The van der Waals surface area contributed by atoms with Gasteiger partial charge >= 0.3 is 0 Å². The van der Waals surface area contributed by atoms with Crippen molar-refractivity contribution in [2.45, 2.75) is 9.79 Å². The van der Waals surface area contributed by atoms with Gasteiger partial charge in [-0.2, -0.15) is 0 Å². The van der Waals surface area contributed by atoms with Gasteiger partial charge in [-0.15, -0.1) is 12.4 Å². The molecule has 0 amide bonds. The van der Waals surface area contributed by atoms with Crippen molar-refractivity contribution in [1.82, 2.24) is 0 Å². The molecule has 0 spiro atoms. The number of para-hydroxylation sites is 1. The van der Waals surface area contributed by atoms with Gasteiger partial charge in [-0.05, 0) is 46.7 Å². The maximum absolute atomic E-state index is 4.86. The predicted molar refractivity (Wildman–Crippen MR) is 142 cm³/mol. The van der Waals surface area contributed by atoms with Gasteiger partial charge in [0.1, 0.15) is 0 Å². The standard InChI is InChI=1S/C28H24N2S.ClH/c1-30-19-18-29-26(25-11-5-6-12-27(25)30)17-15-22-9-4-7-13-28(22)31-24-16-14-21-8-2-3-10-23(21)20-24;/h2-17,20H,18-19H2,1H3;1H/b17-15+;. The first-order chi connectivity index (χ1) is 15.3. The van der Waals surface area contributed by atoms with E-state index in [4.69, 9.17) is 4.99 Å². The monoisotopic (exact) mass is 456 g/mol. The molecule has 0 saturated carbocycles. The number of benzodiazepines with no additional fused rings is 1. The molecular formula is C28H25ClN2S. The zero-order chi connectivity index (χ0) is 21.0. The fraction of sp³-hybridized carbons (Fsp3) is 0.107. The van der Waals surface area contributed by atoms with E-state index in [1.54, 1.807) is 11.8 Å². The van der Waals surface area contributed by atoms with Gasteiger partial charge in [-0.1, -0.05) is 84.6 Å². The largest absolute Gasteiger partial charge is 0.372 e. The number of anilines is 1. The Bertz CT molecular complexity index is 1300. The Kier molecular flexibility index (Phi) is 6.99. The molecule has 32 heavy (non-hydrogen) atoms. The van der Waals surface area contributed by atoms with Crippen LogP contribution in [-0.4, -0.2) is 25.8 Å². The minimum Gasteiger partial charge on any atom is -0.372 e. The third-order valence-corrected chi connectivity index (χ3v) is 6.68. The van der Waals surface area contributed by atoms with Crippen molar-refractivity contribution in [2.75, 3.05) is 25.0 Å². The summed E-state index contributed by atoms with van der Waals surface area (Å²) >= 11 is 1.81. The lowest BCUT2D eigenvalue weighted by Gasteiger charge is -2.18. The highest BCUT2D eigenvalue weighted by atomic mass is 35.5. The van der Waals surface area contributed by atoms with Crippen LogP contribution in [0.3, 0.4) is 0 Å². The fourth-order valence-corrected chi connectivity index (χ4v) is 4.91. The third kappa shape index (κ3) is 4.74. The van der Waals surface area contributed by atoms with Crippen LogP contribution in [0, 0.1) is 0 Å². The Balaban J connectivity index is 0.00000245. The van der Waals surface area contributed by atoms with Gasteiger partial charge in [-0.3, -0.25) is 4.99 Å². The molecule has 160 valence electrons. The number of fused-ring (bicyclic) bond motifs is 2. The lowest BCUT2D eigenvalue weighted by Crippen LogP contribution is -2.20. The summed E-state index contributed by atoms with van der Waals surface area (Å²) in [7, 11) is 2.14. The summed E-state index contributed by atoms with van der Waals surface area (Å²) in [5, 5.41) is 2.55. The van der Waals surface area contributed by atoms with E-state index in [0.29, 0.717) is 0 Å². The van der Waals surface area contributed by atoms with E-state index in [1.165, 1.54) is 37.4 Å². The van der Waals surface area contributed by atoms with Gasteiger partial charge in [0.15, 0.2) is 0 Å². The van der Waals surface area contributed by atoms with Gasteiger partial charge in [-0.25, -0.2) is 0 Å². The average molecular weight is 457 g/mol. The van der Waals surface area contributed by atoms with Crippen LogP contribution in [0.5, 0.6) is 0 Å². The molecule has 4 heteroatoms. The lowest BCUT2D eigenvalue weighted by molar-refractivity contribution is 0.897. The number of rotatable bonds is 4. The quantitative estimate of drug-likeness (QED) is 0.318. The molecule has 0 aliphatic carbocycles. The number of hydrogen-bond acceptors (Lipinski definition) is 3. The molecule has 1 heterocycles. The van der Waals surface area contributed by atoms with Crippen LogP contribution < -0.4 is 4.90 Å². The van der Waals surface area contributed by atoms with Crippen LogP contribution >= 0.6 is 24.2 Å².